The van der Waals surface area contributed by atoms with Crippen LogP contribution in [0.4, 0.5) is 8.78 Å². The van der Waals surface area contributed by atoms with E-state index in [-0.39, 0.29) is 19.2 Å². The standard InChI is InChI=1S/C16H21F2N3O3S2/c17-12-3-4-14(18)15(10-12)26(22,23)21-7-5-20(6-8-21)16(25)19-11-13-2-1-9-24-13/h3-4,10,13H,1-2,5-9,11H2,(H,19,25)/t13-/m1/s1. The minimum Gasteiger partial charge on any atom is -0.376 e. The van der Waals surface area contributed by atoms with E-state index in [4.69, 9.17) is 17.0 Å². The number of piperazine rings is 1. The van der Waals surface area contributed by atoms with Crippen molar-refractivity contribution in [2.45, 2.75) is 23.8 Å². The summed E-state index contributed by atoms with van der Waals surface area (Å²) >= 11 is 5.35. The van der Waals surface area contributed by atoms with Crippen LogP contribution >= 0.6 is 12.2 Å². The van der Waals surface area contributed by atoms with Gasteiger partial charge >= 0.3 is 0 Å². The molecule has 0 aromatic heterocycles. The van der Waals surface area contributed by atoms with Gasteiger partial charge < -0.3 is 15.0 Å². The molecule has 0 saturated carbocycles. The summed E-state index contributed by atoms with van der Waals surface area (Å²) in [5.41, 5.74) is 0. The minimum absolute atomic E-state index is 0.153. The van der Waals surface area contributed by atoms with Gasteiger partial charge in [-0.1, -0.05) is 0 Å². The first-order valence-electron chi connectivity index (χ1n) is 8.47. The highest BCUT2D eigenvalue weighted by Gasteiger charge is 2.31. The van der Waals surface area contributed by atoms with Crippen LogP contribution in [0.3, 0.4) is 0 Å². The van der Waals surface area contributed by atoms with Crippen LogP contribution in [0.15, 0.2) is 23.1 Å². The fourth-order valence-electron chi connectivity index (χ4n) is 3.06. The molecule has 26 heavy (non-hydrogen) atoms. The van der Waals surface area contributed by atoms with Crippen molar-refractivity contribution >= 4 is 27.4 Å². The number of sulfonamides is 1. The van der Waals surface area contributed by atoms with Gasteiger partial charge in [0.25, 0.3) is 0 Å². The molecule has 2 fully saturated rings. The first-order chi connectivity index (χ1) is 12.4. The number of thiocarbonyl (C=S) groups is 1. The van der Waals surface area contributed by atoms with Crippen molar-refractivity contribution in [2.24, 2.45) is 0 Å². The molecule has 0 aliphatic carbocycles. The van der Waals surface area contributed by atoms with E-state index in [1.807, 2.05) is 4.90 Å². The smallest absolute Gasteiger partial charge is 0.246 e. The van der Waals surface area contributed by atoms with Crippen molar-refractivity contribution in [1.82, 2.24) is 14.5 Å². The van der Waals surface area contributed by atoms with Gasteiger partial charge in [0.1, 0.15) is 16.5 Å². The fraction of sp³-hybridized carbons (Fsp3) is 0.562. The second-order valence-corrected chi connectivity index (χ2v) is 8.58. The van der Waals surface area contributed by atoms with Crippen LogP contribution in [-0.4, -0.2) is 68.2 Å². The van der Waals surface area contributed by atoms with Crippen molar-refractivity contribution in [3.8, 4) is 0 Å². The molecule has 2 heterocycles. The lowest BCUT2D eigenvalue weighted by atomic mass is 10.2. The van der Waals surface area contributed by atoms with Crippen LogP contribution in [0.2, 0.25) is 0 Å². The summed E-state index contributed by atoms with van der Waals surface area (Å²) in [5.74, 6) is -1.74. The highest BCUT2D eigenvalue weighted by Crippen LogP contribution is 2.21. The molecule has 2 aliphatic heterocycles. The molecular weight excluding hydrogens is 384 g/mol. The second kappa shape index (κ2) is 8.12. The van der Waals surface area contributed by atoms with Crippen molar-refractivity contribution in [3.63, 3.8) is 0 Å². The Hall–Kier alpha value is -1.36. The number of ether oxygens (including phenoxy) is 1. The Kier molecular flexibility index (Phi) is 6.06. The molecule has 1 atom stereocenters. The molecule has 1 aromatic carbocycles. The Morgan fingerprint density at radius 1 is 1.27 bits per heavy atom. The van der Waals surface area contributed by atoms with Crippen molar-refractivity contribution in [3.05, 3.63) is 29.8 Å². The van der Waals surface area contributed by atoms with E-state index in [2.05, 4.69) is 5.32 Å². The summed E-state index contributed by atoms with van der Waals surface area (Å²) in [7, 11) is -4.08. The van der Waals surface area contributed by atoms with Gasteiger partial charge in [0.2, 0.25) is 10.0 Å². The largest absolute Gasteiger partial charge is 0.376 e. The SMILES string of the molecule is O=S(=O)(c1cc(F)ccc1F)N1CCN(C(=S)NC[C@H]2CCCO2)CC1. The number of nitrogens with one attached hydrogen (secondary N) is 1. The van der Waals surface area contributed by atoms with Crippen molar-refractivity contribution in [1.29, 1.82) is 0 Å². The van der Waals surface area contributed by atoms with Crippen molar-refractivity contribution < 1.29 is 21.9 Å². The topological polar surface area (TPSA) is 61.9 Å². The lowest BCUT2D eigenvalue weighted by molar-refractivity contribution is 0.113. The lowest BCUT2D eigenvalue weighted by Crippen LogP contribution is -2.53. The zero-order chi connectivity index (χ0) is 18.7. The summed E-state index contributed by atoms with van der Waals surface area (Å²) < 4.78 is 59.0. The van der Waals surface area contributed by atoms with E-state index in [9.17, 15) is 17.2 Å². The lowest BCUT2D eigenvalue weighted by Gasteiger charge is -2.35. The Balaban J connectivity index is 1.57. The third-order valence-electron chi connectivity index (χ3n) is 4.54. The monoisotopic (exact) mass is 405 g/mol. The molecule has 0 spiro atoms. The maximum atomic E-state index is 13.8. The Bertz CT molecular complexity index is 762. The predicted octanol–water partition coefficient (Wildman–Crippen LogP) is 1.32. The van der Waals surface area contributed by atoms with Crippen LogP contribution in [0.25, 0.3) is 0 Å². The third kappa shape index (κ3) is 4.30. The molecule has 2 saturated heterocycles. The average Bonchev–Trinajstić information content (AvgIpc) is 3.15. The van der Waals surface area contributed by atoms with E-state index in [1.54, 1.807) is 0 Å². The number of benzene rings is 1. The Morgan fingerprint density at radius 2 is 2.00 bits per heavy atom. The highest BCUT2D eigenvalue weighted by molar-refractivity contribution is 7.89. The molecule has 1 aromatic rings. The summed E-state index contributed by atoms with van der Waals surface area (Å²) in [6.45, 7) is 2.47. The first-order valence-corrected chi connectivity index (χ1v) is 10.3. The molecule has 0 bridgehead atoms. The van der Waals surface area contributed by atoms with Crippen LogP contribution in [0.5, 0.6) is 0 Å². The molecule has 0 radical (unpaired) electrons. The summed E-state index contributed by atoms with van der Waals surface area (Å²) in [6, 6.07) is 2.43. The summed E-state index contributed by atoms with van der Waals surface area (Å²) in [6.07, 6.45) is 2.21. The maximum Gasteiger partial charge on any atom is 0.246 e. The van der Waals surface area contributed by atoms with Gasteiger partial charge in [-0.15, -0.1) is 0 Å². The molecule has 3 rings (SSSR count). The molecule has 2 aliphatic rings. The zero-order valence-corrected chi connectivity index (χ0v) is 15.8. The van der Waals surface area contributed by atoms with E-state index in [1.165, 1.54) is 0 Å². The number of hydrogen-bond acceptors (Lipinski definition) is 4. The summed E-state index contributed by atoms with van der Waals surface area (Å²) in [5, 5.41) is 3.70. The summed E-state index contributed by atoms with van der Waals surface area (Å²) in [4.78, 5) is 1.24. The van der Waals surface area contributed by atoms with Crippen LogP contribution in [0, 0.1) is 11.6 Å². The van der Waals surface area contributed by atoms with Crippen LogP contribution in [0.1, 0.15) is 12.8 Å². The van der Waals surface area contributed by atoms with Gasteiger partial charge in [-0.3, -0.25) is 0 Å². The number of halogens is 2. The fourth-order valence-corrected chi connectivity index (χ4v) is 4.83. The number of hydrogen-bond donors (Lipinski definition) is 1. The minimum atomic E-state index is -4.08. The van der Waals surface area contributed by atoms with E-state index < -0.39 is 26.6 Å². The molecule has 0 unspecified atom stereocenters. The molecule has 6 nitrogen and oxygen atoms in total. The van der Waals surface area contributed by atoms with E-state index in [0.29, 0.717) is 30.8 Å². The van der Waals surface area contributed by atoms with Gasteiger partial charge in [0.05, 0.1) is 6.10 Å². The maximum absolute atomic E-state index is 13.8. The van der Waals surface area contributed by atoms with Gasteiger partial charge in [0.15, 0.2) is 5.11 Å². The van der Waals surface area contributed by atoms with Gasteiger partial charge in [-0.05, 0) is 43.3 Å². The molecular formula is C16H21F2N3O3S2. The van der Waals surface area contributed by atoms with Crippen LogP contribution < -0.4 is 5.32 Å². The first kappa shape index (κ1) is 19.4. The predicted molar refractivity (Wildman–Crippen MR) is 96.3 cm³/mol. The molecule has 144 valence electrons. The number of rotatable bonds is 4. The molecule has 1 N–H and O–H groups in total. The Morgan fingerprint density at radius 3 is 2.65 bits per heavy atom. The van der Waals surface area contributed by atoms with E-state index in [0.717, 1.165) is 35.9 Å². The highest BCUT2D eigenvalue weighted by atomic mass is 32.2. The second-order valence-electron chi connectivity index (χ2n) is 6.29. The van der Waals surface area contributed by atoms with Gasteiger partial charge in [-0.25, -0.2) is 17.2 Å². The van der Waals surface area contributed by atoms with Gasteiger partial charge in [0, 0.05) is 39.3 Å². The molecule has 10 heteroatoms. The quantitative estimate of drug-likeness (QED) is 0.763. The normalized spacial score (nSPS) is 21.8. The van der Waals surface area contributed by atoms with Crippen LogP contribution in [-0.2, 0) is 14.8 Å². The van der Waals surface area contributed by atoms with E-state index >= 15 is 0 Å². The third-order valence-corrected chi connectivity index (χ3v) is 6.86. The molecule has 0 amide bonds. The number of nitrogens with zero attached hydrogens (tertiary/aromatic N) is 2. The zero-order valence-electron chi connectivity index (χ0n) is 14.2. The average molecular weight is 405 g/mol. The van der Waals surface area contributed by atoms with Gasteiger partial charge in [-0.2, -0.15) is 4.31 Å². The Labute approximate surface area is 157 Å². The van der Waals surface area contributed by atoms with Crippen molar-refractivity contribution in [2.75, 3.05) is 39.3 Å².